The van der Waals surface area contributed by atoms with Gasteiger partial charge in [-0.1, -0.05) is 35.5 Å². The first kappa shape index (κ1) is 11.4. The molecule has 1 aliphatic rings. The van der Waals surface area contributed by atoms with Crippen LogP contribution in [0.1, 0.15) is 18.7 Å². The van der Waals surface area contributed by atoms with Crippen LogP contribution in [0.15, 0.2) is 34.9 Å². The van der Waals surface area contributed by atoms with Crippen molar-refractivity contribution in [1.29, 1.82) is 0 Å². The molecule has 4 nitrogen and oxygen atoms in total. The second kappa shape index (κ2) is 5.31. The number of aromatic nitrogens is 2. The van der Waals surface area contributed by atoms with Gasteiger partial charge in [0.25, 0.3) is 0 Å². The third-order valence-corrected chi connectivity index (χ3v) is 3.30. The van der Waals surface area contributed by atoms with E-state index in [1.54, 1.807) is 0 Å². The molecule has 0 radical (unpaired) electrons. The van der Waals surface area contributed by atoms with Crippen LogP contribution in [-0.2, 0) is 11.2 Å². The third-order valence-electron chi connectivity index (χ3n) is 3.30. The second-order valence-corrected chi connectivity index (χ2v) is 4.64. The molecular weight excluding hydrogens is 228 g/mol. The summed E-state index contributed by atoms with van der Waals surface area (Å²) in [7, 11) is 0. The van der Waals surface area contributed by atoms with Crippen molar-refractivity contribution >= 4 is 0 Å². The summed E-state index contributed by atoms with van der Waals surface area (Å²) in [5, 5.41) is 4.03. The number of nitrogens with zero attached hydrogens (tertiary/aromatic N) is 2. The first-order valence-electron chi connectivity index (χ1n) is 6.37. The maximum atomic E-state index is 5.35. The van der Waals surface area contributed by atoms with Crippen molar-refractivity contribution in [2.45, 2.75) is 19.3 Å². The lowest BCUT2D eigenvalue weighted by molar-refractivity contribution is 0.0642. The van der Waals surface area contributed by atoms with Gasteiger partial charge in [0.15, 0.2) is 0 Å². The van der Waals surface area contributed by atoms with Gasteiger partial charge in [-0.3, -0.25) is 0 Å². The van der Waals surface area contributed by atoms with E-state index >= 15 is 0 Å². The summed E-state index contributed by atoms with van der Waals surface area (Å²) in [5.74, 6) is 2.03. The zero-order valence-corrected chi connectivity index (χ0v) is 10.2. The maximum Gasteiger partial charge on any atom is 0.227 e. The molecule has 2 heterocycles. The molecule has 1 aromatic heterocycles. The Morgan fingerprint density at radius 3 is 2.67 bits per heavy atom. The minimum Gasteiger partial charge on any atom is -0.381 e. The Morgan fingerprint density at radius 1 is 1.11 bits per heavy atom. The maximum absolute atomic E-state index is 5.35. The predicted molar refractivity (Wildman–Crippen MR) is 67.0 cm³/mol. The van der Waals surface area contributed by atoms with Gasteiger partial charge in [-0.15, -0.1) is 0 Å². The van der Waals surface area contributed by atoms with Gasteiger partial charge in [0.05, 0.1) is 0 Å². The van der Waals surface area contributed by atoms with Crippen molar-refractivity contribution in [3.8, 4) is 11.4 Å². The molecular formula is C14H16N2O2. The second-order valence-electron chi connectivity index (χ2n) is 4.64. The Hall–Kier alpha value is -1.68. The molecule has 4 heteroatoms. The molecule has 0 spiro atoms. The topological polar surface area (TPSA) is 48.2 Å². The van der Waals surface area contributed by atoms with E-state index in [9.17, 15) is 0 Å². The van der Waals surface area contributed by atoms with Crippen LogP contribution in [0.5, 0.6) is 0 Å². The molecule has 0 N–H and O–H groups in total. The summed E-state index contributed by atoms with van der Waals surface area (Å²) in [6, 6.07) is 9.91. The van der Waals surface area contributed by atoms with Crippen molar-refractivity contribution in [3.05, 3.63) is 36.2 Å². The lowest BCUT2D eigenvalue weighted by atomic mass is 9.97. The van der Waals surface area contributed by atoms with Crippen molar-refractivity contribution in [3.63, 3.8) is 0 Å². The van der Waals surface area contributed by atoms with Gasteiger partial charge in [0.1, 0.15) is 0 Å². The molecule has 1 fully saturated rings. The minimum atomic E-state index is 0.614. The smallest absolute Gasteiger partial charge is 0.227 e. The monoisotopic (exact) mass is 244 g/mol. The first-order chi connectivity index (χ1) is 8.92. The largest absolute Gasteiger partial charge is 0.381 e. The van der Waals surface area contributed by atoms with Crippen molar-refractivity contribution in [1.82, 2.24) is 10.1 Å². The van der Waals surface area contributed by atoms with E-state index in [1.807, 2.05) is 30.3 Å². The molecule has 0 unspecified atom stereocenters. The van der Waals surface area contributed by atoms with Crippen LogP contribution in [0, 0.1) is 5.92 Å². The average Bonchev–Trinajstić information content (AvgIpc) is 2.89. The Balaban J connectivity index is 1.69. The van der Waals surface area contributed by atoms with Crippen molar-refractivity contribution in [2.75, 3.05) is 13.2 Å². The zero-order chi connectivity index (χ0) is 12.2. The highest BCUT2D eigenvalue weighted by Crippen LogP contribution is 2.21. The van der Waals surface area contributed by atoms with Crippen LogP contribution in [0.3, 0.4) is 0 Å². The highest BCUT2D eigenvalue weighted by atomic mass is 16.5. The predicted octanol–water partition coefficient (Wildman–Crippen LogP) is 2.71. The standard InChI is InChI=1S/C14H16N2O2/c1-2-4-12(5-3-1)14-15-13(18-16-14)10-11-6-8-17-9-7-11/h1-5,11H,6-10H2. The Morgan fingerprint density at radius 2 is 1.89 bits per heavy atom. The van der Waals surface area contributed by atoms with Gasteiger partial charge in [-0.2, -0.15) is 4.98 Å². The Kier molecular flexibility index (Phi) is 3.37. The molecule has 94 valence electrons. The van der Waals surface area contributed by atoms with Gasteiger partial charge in [-0.05, 0) is 18.8 Å². The van der Waals surface area contributed by atoms with E-state index in [0.717, 1.165) is 43.9 Å². The van der Waals surface area contributed by atoms with E-state index in [2.05, 4.69) is 10.1 Å². The number of hydrogen-bond acceptors (Lipinski definition) is 4. The molecule has 2 aromatic rings. The third kappa shape index (κ3) is 2.59. The van der Waals surface area contributed by atoms with E-state index in [-0.39, 0.29) is 0 Å². The van der Waals surface area contributed by atoms with E-state index in [4.69, 9.17) is 9.26 Å². The fraction of sp³-hybridized carbons (Fsp3) is 0.429. The van der Waals surface area contributed by atoms with E-state index in [0.29, 0.717) is 11.7 Å². The molecule has 0 saturated carbocycles. The number of ether oxygens (including phenoxy) is 1. The molecule has 1 saturated heterocycles. The fourth-order valence-corrected chi connectivity index (χ4v) is 2.24. The zero-order valence-electron chi connectivity index (χ0n) is 10.2. The van der Waals surface area contributed by atoms with Gasteiger partial charge in [-0.25, -0.2) is 0 Å². The Bertz CT molecular complexity index is 490. The molecule has 0 amide bonds. The van der Waals surface area contributed by atoms with Gasteiger partial charge in [0.2, 0.25) is 11.7 Å². The molecule has 0 atom stereocenters. The molecule has 18 heavy (non-hydrogen) atoms. The average molecular weight is 244 g/mol. The number of benzene rings is 1. The summed E-state index contributed by atoms with van der Waals surface area (Å²) in [5.41, 5.74) is 1.000. The Labute approximate surface area is 106 Å². The molecule has 3 rings (SSSR count). The van der Waals surface area contributed by atoms with Crippen molar-refractivity contribution < 1.29 is 9.26 Å². The molecule has 0 aliphatic carbocycles. The minimum absolute atomic E-state index is 0.614. The molecule has 1 aromatic carbocycles. The number of rotatable bonds is 3. The quantitative estimate of drug-likeness (QED) is 0.833. The normalized spacial score (nSPS) is 16.9. The van der Waals surface area contributed by atoms with Crippen LogP contribution in [-0.4, -0.2) is 23.4 Å². The lowest BCUT2D eigenvalue weighted by Gasteiger charge is -2.19. The van der Waals surface area contributed by atoms with Crippen LogP contribution in [0.25, 0.3) is 11.4 Å². The van der Waals surface area contributed by atoms with Crippen LogP contribution in [0.4, 0.5) is 0 Å². The summed E-state index contributed by atoms with van der Waals surface area (Å²) in [6.45, 7) is 1.70. The molecule has 1 aliphatic heterocycles. The van der Waals surface area contributed by atoms with Crippen LogP contribution >= 0.6 is 0 Å². The SMILES string of the molecule is c1ccc(-c2noc(CC3CCOCC3)n2)cc1. The van der Waals surface area contributed by atoms with Gasteiger partial charge < -0.3 is 9.26 Å². The summed E-state index contributed by atoms with van der Waals surface area (Å²) >= 11 is 0. The summed E-state index contributed by atoms with van der Waals surface area (Å²) in [4.78, 5) is 4.46. The van der Waals surface area contributed by atoms with E-state index < -0.39 is 0 Å². The molecule has 0 bridgehead atoms. The first-order valence-corrected chi connectivity index (χ1v) is 6.37. The lowest BCUT2D eigenvalue weighted by Crippen LogP contribution is -2.17. The highest BCUT2D eigenvalue weighted by molar-refractivity contribution is 5.53. The van der Waals surface area contributed by atoms with Gasteiger partial charge >= 0.3 is 0 Å². The van der Waals surface area contributed by atoms with Crippen LogP contribution < -0.4 is 0 Å². The fourth-order valence-electron chi connectivity index (χ4n) is 2.24. The summed E-state index contributed by atoms with van der Waals surface area (Å²) < 4.78 is 10.7. The van der Waals surface area contributed by atoms with Gasteiger partial charge in [0, 0.05) is 25.2 Å². The van der Waals surface area contributed by atoms with E-state index in [1.165, 1.54) is 0 Å². The van der Waals surface area contributed by atoms with Crippen LogP contribution in [0.2, 0.25) is 0 Å². The van der Waals surface area contributed by atoms with Crippen molar-refractivity contribution in [2.24, 2.45) is 5.92 Å². The summed E-state index contributed by atoms with van der Waals surface area (Å²) in [6.07, 6.45) is 3.04. The highest BCUT2D eigenvalue weighted by Gasteiger charge is 2.18. The number of hydrogen-bond donors (Lipinski definition) is 0.